The van der Waals surface area contributed by atoms with Gasteiger partial charge in [0.25, 0.3) is 5.91 Å². The normalized spacial score (nSPS) is 14.5. The van der Waals surface area contributed by atoms with Crippen molar-refractivity contribution in [3.8, 4) is 0 Å². The second kappa shape index (κ2) is 5.29. The van der Waals surface area contributed by atoms with Crippen molar-refractivity contribution in [2.24, 2.45) is 5.92 Å². The van der Waals surface area contributed by atoms with E-state index < -0.39 is 5.60 Å². The smallest absolute Gasteiger partial charge is 0.287 e. The number of para-hydroxylation sites is 1. The highest BCUT2D eigenvalue weighted by molar-refractivity contribution is 5.98. The maximum Gasteiger partial charge on any atom is 0.287 e. The first kappa shape index (κ1) is 14.6. The zero-order chi connectivity index (χ0) is 14.9. The molecular formula is C16H21NO3. The zero-order valence-electron chi connectivity index (χ0n) is 12.4. The lowest BCUT2D eigenvalue weighted by Gasteiger charge is -2.27. The summed E-state index contributed by atoms with van der Waals surface area (Å²) in [5.74, 6) is 0.0740. The molecule has 4 heteroatoms. The summed E-state index contributed by atoms with van der Waals surface area (Å²) in [6.07, 6.45) is 0. The Morgan fingerprint density at radius 3 is 2.65 bits per heavy atom. The van der Waals surface area contributed by atoms with Crippen LogP contribution in [0.25, 0.3) is 11.0 Å². The van der Waals surface area contributed by atoms with Crippen molar-refractivity contribution in [3.05, 3.63) is 35.6 Å². The van der Waals surface area contributed by atoms with Gasteiger partial charge in [0.1, 0.15) is 5.58 Å². The van der Waals surface area contributed by atoms with Crippen LogP contribution in [0.15, 0.2) is 28.7 Å². The molecule has 1 heterocycles. The highest BCUT2D eigenvalue weighted by Crippen LogP contribution is 2.25. The van der Waals surface area contributed by atoms with Crippen LogP contribution in [-0.2, 0) is 0 Å². The van der Waals surface area contributed by atoms with Crippen molar-refractivity contribution in [2.75, 3.05) is 6.54 Å². The Morgan fingerprint density at radius 2 is 2.05 bits per heavy atom. The van der Waals surface area contributed by atoms with Gasteiger partial charge in [-0.2, -0.15) is 0 Å². The monoisotopic (exact) mass is 275 g/mol. The maximum atomic E-state index is 12.2. The number of rotatable bonds is 4. The van der Waals surface area contributed by atoms with Gasteiger partial charge in [-0.25, -0.2) is 0 Å². The molecule has 2 aromatic rings. The molecule has 0 saturated heterocycles. The van der Waals surface area contributed by atoms with Gasteiger partial charge in [0, 0.05) is 17.5 Å². The second-order valence-electron chi connectivity index (χ2n) is 5.75. The SMILES string of the molecule is Cc1c(C(=O)NCC(C)(O)C(C)C)oc2ccccc12. The lowest BCUT2D eigenvalue weighted by atomic mass is 9.92. The molecule has 20 heavy (non-hydrogen) atoms. The van der Waals surface area contributed by atoms with Crippen molar-refractivity contribution in [3.63, 3.8) is 0 Å². The number of carbonyl (C=O) groups excluding carboxylic acids is 1. The first-order valence-electron chi connectivity index (χ1n) is 6.81. The third-order valence-electron chi connectivity index (χ3n) is 3.90. The highest BCUT2D eigenvalue weighted by Gasteiger charge is 2.26. The fourth-order valence-electron chi connectivity index (χ4n) is 1.93. The van der Waals surface area contributed by atoms with E-state index in [1.807, 2.05) is 45.0 Å². The first-order valence-corrected chi connectivity index (χ1v) is 6.81. The van der Waals surface area contributed by atoms with Crippen LogP contribution < -0.4 is 5.32 Å². The Kier molecular flexibility index (Phi) is 3.86. The predicted octanol–water partition coefficient (Wildman–Crippen LogP) is 2.88. The summed E-state index contributed by atoms with van der Waals surface area (Å²) >= 11 is 0. The van der Waals surface area contributed by atoms with E-state index in [0.717, 1.165) is 10.9 Å². The summed E-state index contributed by atoms with van der Waals surface area (Å²) in [5, 5.41) is 13.8. The molecule has 1 aromatic heterocycles. The Balaban J connectivity index is 2.18. The van der Waals surface area contributed by atoms with Crippen LogP contribution in [0, 0.1) is 12.8 Å². The molecule has 4 nitrogen and oxygen atoms in total. The number of fused-ring (bicyclic) bond motifs is 1. The number of aryl methyl sites for hydroxylation is 1. The molecule has 0 fully saturated rings. The molecule has 0 spiro atoms. The molecule has 0 bridgehead atoms. The van der Waals surface area contributed by atoms with E-state index in [4.69, 9.17) is 4.42 Å². The van der Waals surface area contributed by atoms with Gasteiger partial charge in [-0.05, 0) is 25.8 Å². The van der Waals surface area contributed by atoms with Crippen molar-refractivity contribution >= 4 is 16.9 Å². The van der Waals surface area contributed by atoms with Crippen LogP contribution in [0.5, 0.6) is 0 Å². The molecule has 2 rings (SSSR count). The van der Waals surface area contributed by atoms with E-state index in [-0.39, 0.29) is 18.4 Å². The number of furan rings is 1. The van der Waals surface area contributed by atoms with E-state index in [0.29, 0.717) is 11.3 Å². The van der Waals surface area contributed by atoms with Crippen molar-refractivity contribution in [1.82, 2.24) is 5.32 Å². The Bertz CT molecular complexity index is 626. The number of hydrogen-bond donors (Lipinski definition) is 2. The fourth-order valence-corrected chi connectivity index (χ4v) is 1.93. The van der Waals surface area contributed by atoms with Gasteiger partial charge in [-0.3, -0.25) is 4.79 Å². The molecule has 1 amide bonds. The Hall–Kier alpha value is -1.81. The molecule has 0 radical (unpaired) electrons. The Labute approximate surface area is 118 Å². The summed E-state index contributed by atoms with van der Waals surface area (Å²) in [4.78, 5) is 12.2. The summed E-state index contributed by atoms with van der Waals surface area (Å²) in [6.45, 7) is 7.60. The number of aliphatic hydroxyl groups is 1. The molecular weight excluding hydrogens is 254 g/mol. The molecule has 108 valence electrons. The van der Waals surface area contributed by atoms with Crippen LogP contribution in [0.3, 0.4) is 0 Å². The molecule has 2 N–H and O–H groups in total. The van der Waals surface area contributed by atoms with Crippen LogP contribution in [0.1, 0.15) is 36.9 Å². The second-order valence-corrected chi connectivity index (χ2v) is 5.75. The topological polar surface area (TPSA) is 62.5 Å². The van der Waals surface area contributed by atoms with E-state index in [1.54, 1.807) is 6.92 Å². The Morgan fingerprint density at radius 1 is 1.40 bits per heavy atom. The third kappa shape index (κ3) is 2.70. The maximum absolute atomic E-state index is 12.2. The molecule has 0 aliphatic carbocycles. The van der Waals surface area contributed by atoms with E-state index in [1.165, 1.54) is 0 Å². The number of benzene rings is 1. The summed E-state index contributed by atoms with van der Waals surface area (Å²) in [7, 11) is 0. The standard InChI is InChI=1S/C16H21NO3/c1-10(2)16(4,19)9-17-15(18)14-11(3)12-7-5-6-8-13(12)20-14/h5-8,10,19H,9H2,1-4H3,(H,17,18). The molecule has 1 atom stereocenters. The van der Waals surface area contributed by atoms with E-state index in [2.05, 4.69) is 5.32 Å². The zero-order valence-corrected chi connectivity index (χ0v) is 12.4. The van der Waals surface area contributed by atoms with Crippen molar-refractivity contribution < 1.29 is 14.3 Å². The van der Waals surface area contributed by atoms with Crippen molar-refractivity contribution in [1.29, 1.82) is 0 Å². The van der Waals surface area contributed by atoms with Gasteiger partial charge < -0.3 is 14.8 Å². The molecule has 1 aromatic carbocycles. The van der Waals surface area contributed by atoms with Crippen LogP contribution in [-0.4, -0.2) is 23.2 Å². The van der Waals surface area contributed by atoms with E-state index >= 15 is 0 Å². The van der Waals surface area contributed by atoms with Gasteiger partial charge in [0.15, 0.2) is 5.76 Å². The molecule has 0 aliphatic heterocycles. The average molecular weight is 275 g/mol. The van der Waals surface area contributed by atoms with Gasteiger partial charge in [-0.15, -0.1) is 0 Å². The number of carbonyl (C=O) groups is 1. The highest BCUT2D eigenvalue weighted by atomic mass is 16.3. The van der Waals surface area contributed by atoms with Crippen LogP contribution in [0.2, 0.25) is 0 Å². The predicted molar refractivity (Wildman–Crippen MR) is 78.7 cm³/mol. The lowest BCUT2D eigenvalue weighted by Crippen LogP contribution is -2.44. The van der Waals surface area contributed by atoms with E-state index in [9.17, 15) is 9.90 Å². The largest absolute Gasteiger partial charge is 0.451 e. The quantitative estimate of drug-likeness (QED) is 0.902. The fraction of sp³-hybridized carbons (Fsp3) is 0.438. The third-order valence-corrected chi connectivity index (χ3v) is 3.90. The summed E-state index contributed by atoms with van der Waals surface area (Å²) in [5.41, 5.74) is 0.586. The van der Waals surface area contributed by atoms with Crippen molar-refractivity contribution in [2.45, 2.75) is 33.3 Å². The number of nitrogens with one attached hydrogen (secondary N) is 1. The molecule has 1 unspecified atom stereocenters. The van der Waals surface area contributed by atoms with Gasteiger partial charge in [0.05, 0.1) is 5.60 Å². The minimum atomic E-state index is -0.935. The summed E-state index contributed by atoms with van der Waals surface area (Å²) < 4.78 is 5.59. The lowest BCUT2D eigenvalue weighted by molar-refractivity contribution is 0.0139. The van der Waals surface area contributed by atoms with Crippen LogP contribution in [0.4, 0.5) is 0 Å². The number of amides is 1. The molecule has 0 aliphatic rings. The minimum absolute atomic E-state index is 0.0552. The van der Waals surface area contributed by atoms with Gasteiger partial charge in [0.2, 0.25) is 0 Å². The van der Waals surface area contributed by atoms with Gasteiger partial charge in [-0.1, -0.05) is 32.0 Å². The van der Waals surface area contributed by atoms with Gasteiger partial charge >= 0.3 is 0 Å². The number of hydrogen-bond acceptors (Lipinski definition) is 3. The molecule has 0 saturated carbocycles. The first-order chi connectivity index (χ1) is 9.33. The minimum Gasteiger partial charge on any atom is -0.451 e. The average Bonchev–Trinajstić information content (AvgIpc) is 2.74. The van der Waals surface area contributed by atoms with Crippen LogP contribution >= 0.6 is 0 Å². The summed E-state index contributed by atoms with van der Waals surface area (Å²) in [6, 6.07) is 7.55.